The Bertz CT molecular complexity index is 634. The van der Waals surface area contributed by atoms with Crippen LogP contribution in [0.1, 0.15) is 48.2 Å². The molecular weight excluding hydrogens is 338 g/mol. The number of aliphatic carboxylic acids is 1. The topological polar surface area (TPSA) is 82.5 Å². The standard InChI is InChI=1S/C15H20ClN3O3S/c1-19(2)13-17-10(16)9(23-13)11(20)18-15-6-3-14(4-7-15,5-8-15)12(21)22/h3-8H2,1-2H3,(H,18,20)(H,21,22). The van der Waals surface area contributed by atoms with Gasteiger partial charge >= 0.3 is 5.97 Å². The summed E-state index contributed by atoms with van der Waals surface area (Å²) < 4.78 is 0. The second kappa shape index (κ2) is 5.63. The van der Waals surface area contributed by atoms with Crippen LogP contribution in [0.2, 0.25) is 5.15 Å². The average molecular weight is 358 g/mol. The fraction of sp³-hybridized carbons (Fsp3) is 0.667. The molecule has 0 unspecified atom stereocenters. The largest absolute Gasteiger partial charge is 0.481 e. The van der Waals surface area contributed by atoms with Gasteiger partial charge in [0.15, 0.2) is 10.3 Å². The highest BCUT2D eigenvalue weighted by atomic mass is 35.5. The van der Waals surface area contributed by atoms with Crippen molar-refractivity contribution in [3.63, 3.8) is 0 Å². The van der Waals surface area contributed by atoms with E-state index in [2.05, 4.69) is 10.3 Å². The lowest BCUT2D eigenvalue weighted by molar-refractivity contribution is -0.156. The number of nitrogens with one attached hydrogen (secondary N) is 1. The van der Waals surface area contributed by atoms with Crippen molar-refractivity contribution < 1.29 is 14.7 Å². The molecule has 0 aromatic carbocycles. The third-order valence-electron chi connectivity index (χ3n) is 5.24. The van der Waals surface area contributed by atoms with E-state index in [4.69, 9.17) is 11.6 Å². The third kappa shape index (κ3) is 2.80. The van der Waals surface area contributed by atoms with Crippen LogP contribution in [0.4, 0.5) is 5.13 Å². The quantitative estimate of drug-likeness (QED) is 0.865. The van der Waals surface area contributed by atoms with Crippen molar-refractivity contribution in [3.05, 3.63) is 10.0 Å². The van der Waals surface area contributed by atoms with Gasteiger partial charge < -0.3 is 15.3 Å². The second-order valence-electron chi connectivity index (χ2n) is 6.83. The second-order valence-corrected chi connectivity index (χ2v) is 8.17. The molecule has 2 bridgehead atoms. The number of amides is 1. The Morgan fingerprint density at radius 2 is 1.78 bits per heavy atom. The van der Waals surface area contributed by atoms with Crippen LogP contribution in [0.25, 0.3) is 0 Å². The van der Waals surface area contributed by atoms with E-state index < -0.39 is 11.4 Å². The van der Waals surface area contributed by atoms with Crippen LogP contribution in [-0.2, 0) is 4.79 Å². The summed E-state index contributed by atoms with van der Waals surface area (Å²) in [7, 11) is 3.70. The van der Waals surface area contributed by atoms with Crippen LogP contribution >= 0.6 is 22.9 Å². The van der Waals surface area contributed by atoms with Crippen LogP contribution < -0.4 is 10.2 Å². The lowest BCUT2D eigenvalue weighted by Gasteiger charge is -2.51. The minimum absolute atomic E-state index is 0.203. The van der Waals surface area contributed by atoms with E-state index in [-0.39, 0.29) is 16.6 Å². The van der Waals surface area contributed by atoms with E-state index >= 15 is 0 Å². The van der Waals surface area contributed by atoms with E-state index in [1.807, 2.05) is 19.0 Å². The zero-order valence-electron chi connectivity index (χ0n) is 13.2. The Kier molecular flexibility index (Phi) is 4.04. The third-order valence-corrected chi connectivity index (χ3v) is 6.85. The SMILES string of the molecule is CN(C)c1nc(Cl)c(C(=O)NC23CCC(C(=O)O)(CC2)CC3)s1. The smallest absolute Gasteiger partial charge is 0.309 e. The molecule has 3 aliphatic carbocycles. The van der Waals surface area contributed by atoms with Crippen LogP contribution in [0.5, 0.6) is 0 Å². The highest BCUT2D eigenvalue weighted by molar-refractivity contribution is 7.18. The Labute approximate surface area is 143 Å². The Morgan fingerprint density at radius 1 is 1.22 bits per heavy atom. The number of hydrogen-bond donors (Lipinski definition) is 2. The maximum absolute atomic E-state index is 12.6. The van der Waals surface area contributed by atoms with E-state index in [1.165, 1.54) is 11.3 Å². The highest BCUT2D eigenvalue weighted by Gasteiger charge is 2.53. The molecule has 0 atom stereocenters. The van der Waals surface area contributed by atoms with Gasteiger partial charge in [-0.15, -0.1) is 0 Å². The van der Waals surface area contributed by atoms with Gasteiger partial charge in [0.2, 0.25) is 0 Å². The van der Waals surface area contributed by atoms with Gasteiger partial charge in [0, 0.05) is 19.6 Å². The van der Waals surface area contributed by atoms with E-state index in [0.29, 0.717) is 48.5 Å². The summed E-state index contributed by atoms with van der Waals surface area (Å²) in [6.45, 7) is 0. The molecule has 23 heavy (non-hydrogen) atoms. The van der Waals surface area contributed by atoms with Gasteiger partial charge in [0.1, 0.15) is 4.88 Å². The van der Waals surface area contributed by atoms with Gasteiger partial charge in [-0.25, -0.2) is 4.98 Å². The van der Waals surface area contributed by atoms with Crippen molar-refractivity contribution in [1.29, 1.82) is 0 Å². The summed E-state index contributed by atoms with van der Waals surface area (Å²) in [5.41, 5.74) is -0.868. The number of hydrogen-bond acceptors (Lipinski definition) is 5. The molecule has 0 aliphatic heterocycles. The molecule has 3 aliphatic rings. The minimum Gasteiger partial charge on any atom is -0.481 e. The molecule has 8 heteroatoms. The van der Waals surface area contributed by atoms with Crippen molar-refractivity contribution >= 4 is 39.9 Å². The van der Waals surface area contributed by atoms with Crippen molar-refractivity contribution in [2.75, 3.05) is 19.0 Å². The number of carboxylic acids is 1. The number of thiazole rings is 1. The molecule has 126 valence electrons. The number of aromatic nitrogens is 1. The van der Waals surface area contributed by atoms with Gasteiger partial charge in [-0.3, -0.25) is 9.59 Å². The zero-order chi connectivity index (χ0) is 16.8. The van der Waals surface area contributed by atoms with Gasteiger partial charge in [0.25, 0.3) is 5.91 Å². The minimum atomic E-state index is -0.696. The fourth-order valence-corrected chi connectivity index (χ4v) is 4.72. The molecule has 1 aromatic heterocycles. The Morgan fingerprint density at radius 3 is 2.22 bits per heavy atom. The number of rotatable bonds is 4. The van der Waals surface area contributed by atoms with E-state index in [1.54, 1.807) is 0 Å². The Balaban J connectivity index is 1.73. The summed E-state index contributed by atoms with van der Waals surface area (Å²) in [4.78, 5) is 30.5. The number of nitrogens with zero attached hydrogens (tertiary/aromatic N) is 2. The highest BCUT2D eigenvalue weighted by Crippen LogP contribution is 2.52. The van der Waals surface area contributed by atoms with Crippen LogP contribution in [0.15, 0.2) is 0 Å². The van der Waals surface area contributed by atoms with Gasteiger partial charge in [-0.1, -0.05) is 22.9 Å². The molecule has 1 heterocycles. The lowest BCUT2D eigenvalue weighted by atomic mass is 9.57. The molecule has 1 aromatic rings. The first-order chi connectivity index (χ1) is 10.8. The van der Waals surface area contributed by atoms with Gasteiger partial charge in [-0.2, -0.15) is 0 Å². The van der Waals surface area contributed by atoms with Crippen molar-refractivity contribution in [2.45, 2.75) is 44.1 Å². The molecule has 1 amide bonds. The first kappa shape index (κ1) is 16.5. The molecule has 3 saturated carbocycles. The number of carboxylic acid groups (broad SMARTS) is 1. The molecule has 0 radical (unpaired) electrons. The normalized spacial score (nSPS) is 29.3. The molecule has 2 N–H and O–H groups in total. The molecule has 0 saturated heterocycles. The van der Waals surface area contributed by atoms with Crippen molar-refractivity contribution in [2.24, 2.45) is 5.41 Å². The summed E-state index contributed by atoms with van der Waals surface area (Å²) in [5.74, 6) is -0.899. The number of carbonyl (C=O) groups excluding carboxylic acids is 1. The lowest BCUT2D eigenvalue weighted by Crippen LogP contribution is -2.58. The molecular formula is C15H20ClN3O3S. The Hall–Kier alpha value is -1.34. The summed E-state index contributed by atoms with van der Waals surface area (Å²) >= 11 is 7.36. The fourth-order valence-electron chi connectivity index (χ4n) is 3.61. The predicted molar refractivity (Wildman–Crippen MR) is 89.4 cm³/mol. The first-order valence-corrected chi connectivity index (χ1v) is 8.86. The number of halogens is 1. The first-order valence-electron chi connectivity index (χ1n) is 7.67. The monoisotopic (exact) mass is 357 g/mol. The summed E-state index contributed by atoms with van der Waals surface area (Å²) in [6.07, 6.45) is 4.01. The molecule has 4 rings (SSSR count). The van der Waals surface area contributed by atoms with Crippen molar-refractivity contribution in [3.8, 4) is 0 Å². The number of anilines is 1. The van der Waals surface area contributed by atoms with Crippen LogP contribution in [0, 0.1) is 5.41 Å². The average Bonchev–Trinajstić information content (AvgIpc) is 2.91. The summed E-state index contributed by atoms with van der Waals surface area (Å²) in [6, 6.07) is 0. The maximum Gasteiger partial charge on any atom is 0.309 e. The van der Waals surface area contributed by atoms with Crippen LogP contribution in [-0.4, -0.2) is 41.6 Å². The van der Waals surface area contributed by atoms with Crippen molar-refractivity contribution in [1.82, 2.24) is 10.3 Å². The predicted octanol–water partition coefficient (Wildman–Crippen LogP) is 2.77. The molecule has 6 nitrogen and oxygen atoms in total. The van der Waals surface area contributed by atoms with E-state index in [0.717, 1.165) is 0 Å². The number of fused-ring (bicyclic) bond motifs is 3. The number of carbonyl (C=O) groups is 2. The van der Waals surface area contributed by atoms with Gasteiger partial charge in [-0.05, 0) is 38.5 Å². The molecule has 0 spiro atoms. The van der Waals surface area contributed by atoms with E-state index in [9.17, 15) is 14.7 Å². The van der Waals surface area contributed by atoms with Crippen LogP contribution in [0.3, 0.4) is 0 Å². The zero-order valence-corrected chi connectivity index (χ0v) is 14.8. The molecule has 3 fully saturated rings. The van der Waals surface area contributed by atoms with Gasteiger partial charge in [0.05, 0.1) is 5.41 Å². The summed E-state index contributed by atoms with van der Waals surface area (Å²) in [5, 5.41) is 13.5. The maximum atomic E-state index is 12.6.